The maximum absolute atomic E-state index is 10.9. The van der Waals surface area contributed by atoms with E-state index >= 15 is 0 Å². The molecule has 1 atom stereocenters. The lowest BCUT2D eigenvalue weighted by Gasteiger charge is -2.09. The van der Waals surface area contributed by atoms with Crippen molar-refractivity contribution in [1.29, 1.82) is 0 Å². The Kier molecular flexibility index (Phi) is 2.23. The van der Waals surface area contributed by atoms with Gasteiger partial charge in [0, 0.05) is 6.54 Å². The van der Waals surface area contributed by atoms with Gasteiger partial charge in [-0.3, -0.25) is 10.1 Å². The van der Waals surface area contributed by atoms with Gasteiger partial charge in [0.05, 0.1) is 6.61 Å². The van der Waals surface area contributed by atoms with Gasteiger partial charge in [-0.15, -0.1) is 0 Å². The summed E-state index contributed by atoms with van der Waals surface area (Å²) in [5.41, 5.74) is 2.38. The van der Waals surface area contributed by atoms with Gasteiger partial charge in [0.2, 0.25) is 0 Å². The number of benzene rings is 1. The highest BCUT2D eigenvalue weighted by Crippen LogP contribution is 2.28. The standard InChI is InChI=1S/C10H11NO3/c12-5-7-3-1-2-6-4-11-9(8(6)7)10(13)14/h1-3,9,11-12H,4-5H2,(H,13,14)/t9-/m1/s1. The summed E-state index contributed by atoms with van der Waals surface area (Å²) in [6.45, 7) is 0.439. The SMILES string of the molecule is O=C(O)[C@@H]1NCc2cccc(CO)c21. The van der Waals surface area contributed by atoms with E-state index in [1.54, 1.807) is 6.07 Å². The lowest BCUT2D eigenvalue weighted by atomic mass is 9.99. The van der Waals surface area contributed by atoms with E-state index in [4.69, 9.17) is 10.2 Å². The molecule has 3 N–H and O–H groups in total. The Morgan fingerprint density at radius 3 is 3.00 bits per heavy atom. The van der Waals surface area contributed by atoms with E-state index < -0.39 is 12.0 Å². The average molecular weight is 193 g/mol. The summed E-state index contributed by atoms with van der Waals surface area (Å²) in [6.07, 6.45) is 0. The number of aliphatic hydroxyl groups is 1. The first kappa shape index (κ1) is 9.18. The van der Waals surface area contributed by atoms with Gasteiger partial charge >= 0.3 is 5.97 Å². The third-order valence-electron chi connectivity index (χ3n) is 2.49. The van der Waals surface area contributed by atoms with Crippen molar-refractivity contribution in [3.8, 4) is 0 Å². The van der Waals surface area contributed by atoms with E-state index in [1.165, 1.54) is 0 Å². The first-order valence-electron chi connectivity index (χ1n) is 4.41. The number of carbonyl (C=O) groups is 1. The Labute approximate surface area is 81.2 Å². The number of fused-ring (bicyclic) bond motifs is 1. The maximum Gasteiger partial charge on any atom is 0.325 e. The van der Waals surface area contributed by atoms with Crippen LogP contribution in [0.1, 0.15) is 22.7 Å². The molecule has 0 bridgehead atoms. The second-order valence-electron chi connectivity index (χ2n) is 3.30. The van der Waals surface area contributed by atoms with Crippen molar-refractivity contribution in [1.82, 2.24) is 5.32 Å². The Hall–Kier alpha value is -1.39. The molecule has 0 aliphatic carbocycles. The maximum atomic E-state index is 10.9. The first-order chi connectivity index (χ1) is 6.74. The zero-order valence-corrected chi connectivity index (χ0v) is 7.53. The predicted molar refractivity (Wildman–Crippen MR) is 49.6 cm³/mol. The fourth-order valence-corrected chi connectivity index (χ4v) is 1.85. The van der Waals surface area contributed by atoms with Crippen LogP contribution in [0.25, 0.3) is 0 Å². The molecule has 1 aromatic carbocycles. The summed E-state index contributed by atoms with van der Waals surface area (Å²) < 4.78 is 0. The second-order valence-corrected chi connectivity index (χ2v) is 3.30. The van der Waals surface area contributed by atoms with Crippen molar-refractivity contribution in [2.45, 2.75) is 19.2 Å². The monoisotopic (exact) mass is 193 g/mol. The lowest BCUT2D eigenvalue weighted by molar-refractivity contribution is -0.139. The van der Waals surface area contributed by atoms with E-state index in [9.17, 15) is 4.79 Å². The van der Waals surface area contributed by atoms with Gasteiger partial charge in [-0.2, -0.15) is 0 Å². The molecular formula is C10H11NO3. The van der Waals surface area contributed by atoms with E-state index in [2.05, 4.69) is 5.32 Å². The van der Waals surface area contributed by atoms with Crippen molar-refractivity contribution in [2.24, 2.45) is 0 Å². The number of carboxylic acid groups (broad SMARTS) is 1. The van der Waals surface area contributed by atoms with Crippen LogP contribution in [0, 0.1) is 0 Å². The number of rotatable bonds is 2. The first-order valence-corrected chi connectivity index (χ1v) is 4.41. The number of carboxylic acids is 1. The van der Waals surface area contributed by atoms with Crippen LogP contribution in [-0.4, -0.2) is 16.2 Å². The zero-order chi connectivity index (χ0) is 10.1. The van der Waals surface area contributed by atoms with Crippen LogP contribution in [0.3, 0.4) is 0 Å². The average Bonchev–Trinajstić information content (AvgIpc) is 2.60. The fraction of sp³-hybridized carbons (Fsp3) is 0.300. The third-order valence-corrected chi connectivity index (χ3v) is 2.49. The molecule has 0 radical (unpaired) electrons. The fourth-order valence-electron chi connectivity index (χ4n) is 1.85. The highest BCUT2D eigenvalue weighted by molar-refractivity contribution is 5.77. The van der Waals surface area contributed by atoms with Crippen LogP contribution in [0.2, 0.25) is 0 Å². The van der Waals surface area contributed by atoms with Gasteiger partial charge in [0.25, 0.3) is 0 Å². The van der Waals surface area contributed by atoms with Crippen molar-refractivity contribution >= 4 is 5.97 Å². The van der Waals surface area contributed by atoms with E-state index in [0.29, 0.717) is 12.1 Å². The number of aliphatic carboxylic acids is 1. The Morgan fingerprint density at radius 1 is 1.57 bits per heavy atom. The highest BCUT2D eigenvalue weighted by Gasteiger charge is 2.29. The Balaban J connectivity index is 2.50. The van der Waals surface area contributed by atoms with Gasteiger partial charge in [-0.25, -0.2) is 0 Å². The van der Waals surface area contributed by atoms with Gasteiger partial charge in [0.15, 0.2) is 0 Å². The van der Waals surface area contributed by atoms with E-state index in [0.717, 1.165) is 11.1 Å². The molecule has 0 fully saturated rings. The molecule has 0 amide bonds. The van der Waals surface area contributed by atoms with E-state index in [1.807, 2.05) is 12.1 Å². The molecule has 1 aliphatic rings. The summed E-state index contributed by atoms with van der Waals surface area (Å²) in [7, 11) is 0. The summed E-state index contributed by atoms with van der Waals surface area (Å²) in [6, 6.07) is 4.79. The molecule has 4 heteroatoms. The minimum Gasteiger partial charge on any atom is -0.480 e. The summed E-state index contributed by atoms with van der Waals surface area (Å²) in [4.78, 5) is 10.9. The van der Waals surface area contributed by atoms with Crippen LogP contribution in [0.4, 0.5) is 0 Å². The second kappa shape index (κ2) is 3.40. The highest BCUT2D eigenvalue weighted by atomic mass is 16.4. The lowest BCUT2D eigenvalue weighted by Crippen LogP contribution is -2.22. The number of nitrogens with one attached hydrogen (secondary N) is 1. The molecule has 0 saturated heterocycles. The smallest absolute Gasteiger partial charge is 0.325 e. The molecular weight excluding hydrogens is 182 g/mol. The van der Waals surface area contributed by atoms with Crippen molar-refractivity contribution < 1.29 is 15.0 Å². The minimum atomic E-state index is -0.898. The zero-order valence-electron chi connectivity index (χ0n) is 7.53. The van der Waals surface area contributed by atoms with Crippen LogP contribution in [0.5, 0.6) is 0 Å². The van der Waals surface area contributed by atoms with Gasteiger partial charge in [-0.05, 0) is 16.7 Å². The molecule has 0 aromatic heterocycles. The van der Waals surface area contributed by atoms with Gasteiger partial charge < -0.3 is 10.2 Å². The molecule has 1 heterocycles. The molecule has 0 spiro atoms. The van der Waals surface area contributed by atoms with Crippen molar-refractivity contribution in [3.05, 3.63) is 34.9 Å². The molecule has 0 saturated carbocycles. The topological polar surface area (TPSA) is 69.6 Å². The van der Waals surface area contributed by atoms with Crippen molar-refractivity contribution in [3.63, 3.8) is 0 Å². The quantitative estimate of drug-likeness (QED) is 0.636. The molecule has 0 unspecified atom stereocenters. The van der Waals surface area contributed by atoms with Crippen LogP contribution >= 0.6 is 0 Å². The number of aliphatic hydroxyl groups excluding tert-OH is 1. The van der Waals surface area contributed by atoms with Crippen LogP contribution in [-0.2, 0) is 17.9 Å². The van der Waals surface area contributed by atoms with Crippen LogP contribution in [0.15, 0.2) is 18.2 Å². The third kappa shape index (κ3) is 1.29. The molecule has 14 heavy (non-hydrogen) atoms. The minimum absolute atomic E-state index is 0.116. The predicted octanol–water partition coefficient (Wildman–Crippen LogP) is 0.408. The van der Waals surface area contributed by atoms with Crippen molar-refractivity contribution in [2.75, 3.05) is 0 Å². The summed E-state index contributed by atoms with van der Waals surface area (Å²) in [5.74, 6) is -0.898. The summed E-state index contributed by atoms with van der Waals surface area (Å²) in [5, 5.41) is 20.9. The van der Waals surface area contributed by atoms with Crippen LogP contribution < -0.4 is 5.32 Å². The largest absolute Gasteiger partial charge is 0.480 e. The Morgan fingerprint density at radius 2 is 2.36 bits per heavy atom. The molecule has 74 valence electrons. The van der Waals surface area contributed by atoms with Gasteiger partial charge in [0.1, 0.15) is 6.04 Å². The van der Waals surface area contributed by atoms with Gasteiger partial charge in [-0.1, -0.05) is 18.2 Å². The molecule has 2 rings (SSSR count). The molecule has 1 aliphatic heterocycles. The van der Waals surface area contributed by atoms with E-state index in [-0.39, 0.29) is 6.61 Å². The number of hydrogen-bond acceptors (Lipinski definition) is 3. The Bertz CT molecular complexity index is 376. The normalized spacial score (nSPS) is 19.4. The molecule has 4 nitrogen and oxygen atoms in total. The summed E-state index contributed by atoms with van der Waals surface area (Å²) >= 11 is 0. The number of hydrogen-bond donors (Lipinski definition) is 3. The molecule has 1 aromatic rings.